The number of hydrogen-bond donors (Lipinski definition) is 0. The molecule has 0 spiro atoms. The summed E-state index contributed by atoms with van der Waals surface area (Å²) in [5, 5.41) is 0. The van der Waals surface area contributed by atoms with Gasteiger partial charge < -0.3 is 4.74 Å². The topological polar surface area (TPSA) is 9.23 Å². The van der Waals surface area contributed by atoms with Crippen LogP contribution >= 0.6 is 0 Å². The summed E-state index contributed by atoms with van der Waals surface area (Å²) in [5.74, 6) is 3.41. The van der Waals surface area contributed by atoms with Crippen molar-refractivity contribution >= 4 is 6.08 Å². The van der Waals surface area contributed by atoms with Crippen molar-refractivity contribution in [3.8, 4) is 5.75 Å². The average Bonchev–Trinajstić information content (AvgIpc) is 2.89. The molecule has 0 heterocycles. The molecular formula is C23H30O. The zero-order valence-corrected chi connectivity index (χ0v) is 15.2. The molecule has 0 radical (unpaired) electrons. The highest BCUT2D eigenvalue weighted by atomic mass is 16.5. The van der Waals surface area contributed by atoms with Crippen LogP contribution in [0.3, 0.4) is 0 Å². The third kappa shape index (κ3) is 2.20. The molecule has 2 saturated carbocycles. The van der Waals surface area contributed by atoms with Crippen LogP contribution in [0.4, 0.5) is 0 Å². The first-order valence-corrected chi connectivity index (χ1v) is 9.68. The molecule has 0 bridgehead atoms. The first-order valence-electron chi connectivity index (χ1n) is 9.68. The third-order valence-corrected chi connectivity index (χ3v) is 7.33. The van der Waals surface area contributed by atoms with Crippen molar-refractivity contribution in [2.24, 2.45) is 17.3 Å². The predicted molar refractivity (Wildman–Crippen MR) is 101 cm³/mol. The Morgan fingerprint density at radius 1 is 1.25 bits per heavy atom. The summed E-state index contributed by atoms with van der Waals surface area (Å²) in [6, 6.07) is 4.68. The molecule has 1 aromatic carbocycles. The first-order chi connectivity index (χ1) is 11.6. The molecule has 0 aromatic heterocycles. The minimum Gasteiger partial charge on any atom is -0.493 e. The van der Waals surface area contributed by atoms with E-state index in [1.54, 1.807) is 5.56 Å². The van der Waals surface area contributed by atoms with Gasteiger partial charge in [-0.05, 0) is 91.9 Å². The van der Waals surface area contributed by atoms with Crippen LogP contribution in [0.15, 0.2) is 30.9 Å². The van der Waals surface area contributed by atoms with E-state index in [1.165, 1.54) is 49.7 Å². The van der Waals surface area contributed by atoms with Crippen LogP contribution in [0, 0.1) is 17.3 Å². The number of benzene rings is 1. The molecule has 1 heteroatoms. The van der Waals surface area contributed by atoms with Crippen molar-refractivity contribution in [1.82, 2.24) is 0 Å². The number of hydrogen-bond acceptors (Lipinski definition) is 1. The van der Waals surface area contributed by atoms with Crippen LogP contribution < -0.4 is 4.74 Å². The van der Waals surface area contributed by atoms with Gasteiger partial charge in [-0.2, -0.15) is 0 Å². The Labute approximate surface area is 146 Å². The van der Waals surface area contributed by atoms with Crippen LogP contribution in [0.25, 0.3) is 6.08 Å². The molecule has 4 unspecified atom stereocenters. The van der Waals surface area contributed by atoms with Gasteiger partial charge in [-0.1, -0.05) is 31.7 Å². The lowest BCUT2D eigenvalue weighted by Crippen LogP contribution is -2.40. The number of allylic oxidation sites excluding steroid dienone is 1. The largest absolute Gasteiger partial charge is 0.493 e. The van der Waals surface area contributed by atoms with Gasteiger partial charge in [0.15, 0.2) is 0 Å². The number of rotatable bonds is 3. The Kier molecular flexibility index (Phi) is 3.86. The summed E-state index contributed by atoms with van der Waals surface area (Å²) in [7, 11) is 0. The summed E-state index contributed by atoms with van der Waals surface area (Å²) in [4.78, 5) is 0. The summed E-state index contributed by atoms with van der Waals surface area (Å²) in [5.41, 5.74) is 6.19. The Balaban J connectivity index is 1.73. The van der Waals surface area contributed by atoms with Crippen molar-refractivity contribution in [1.29, 1.82) is 0 Å². The highest BCUT2D eigenvalue weighted by molar-refractivity contribution is 5.60. The second-order valence-electron chi connectivity index (χ2n) is 8.24. The molecule has 4 atom stereocenters. The minimum atomic E-state index is 0.405. The fourth-order valence-electron chi connectivity index (χ4n) is 5.97. The first kappa shape index (κ1) is 16.0. The standard InChI is InChI=1S/C23H30O/c1-5-16-13-17-8-9-19-18(20(17)14-22(16)24-6-2)11-12-23(4)15(3)7-10-21(19)23/h5,13-14,18-19,21H,1,3,6-12H2,2,4H3. The van der Waals surface area contributed by atoms with E-state index in [-0.39, 0.29) is 0 Å². The van der Waals surface area contributed by atoms with E-state index < -0.39 is 0 Å². The van der Waals surface area contributed by atoms with Crippen molar-refractivity contribution in [2.45, 2.75) is 58.3 Å². The van der Waals surface area contributed by atoms with Crippen molar-refractivity contribution in [2.75, 3.05) is 6.61 Å². The van der Waals surface area contributed by atoms with E-state index in [4.69, 9.17) is 4.74 Å². The average molecular weight is 322 g/mol. The normalized spacial score (nSPS) is 34.2. The molecule has 0 aliphatic heterocycles. The van der Waals surface area contributed by atoms with E-state index in [2.05, 4.69) is 39.1 Å². The molecular weight excluding hydrogens is 292 g/mol. The van der Waals surface area contributed by atoms with Crippen LogP contribution in [-0.4, -0.2) is 6.61 Å². The SMILES string of the molecule is C=Cc1cc2c(cc1OCC)C1CCC3(C)C(=C)CCC3C1CC2. The molecule has 128 valence electrons. The predicted octanol–water partition coefficient (Wildman–Crippen LogP) is 6.14. The van der Waals surface area contributed by atoms with Gasteiger partial charge in [-0.15, -0.1) is 0 Å². The summed E-state index contributed by atoms with van der Waals surface area (Å²) in [6.45, 7) is 13.7. The van der Waals surface area contributed by atoms with E-state index in [0.29, 0.717) is 12.0 Å². The maximum absolute atomic E-state index is 5.91. The lowest BCUT2D eigenvalue weighted by Gasteiger charge is -2.49. The fourth-order valence-corrected chi connectivity index (χ4v) is 5.97. The fraction of sp³-hybridized carbons (Fsp3) is 0.565. The Morgan fingerprint density at radius 3 is 2.83 bits per heavy atom. The molecule has 1 nitrogen and oxygen atoms in total. The summed E-state index contributed by atoms with van der Waals surface area (Å²) < 4.78 is 5.91. The molecule has 4 rings (SSSR count). The van der Waals surface area contributed by atoms with Gasteiger partial charge in [-0.25, -0.2) is 0 Å². The number of fused-ring (bicyclic) bond motifs is 5. The molecule has 3 aliphatic rings. The van der Waals surface area contributed by atoms with E-state index in [0.717, 1.165) is 29.1 Å². The molecule has 0 N–H and O–H groups in total. The van der Waals surface area contributed by atoms with E-state index >= 15 is 0 Å². The van der Waals surface area contributed by atoms with Gasteiger partial charge in [0.05, 0.1) is 6.61 Å². The number of ether oxygens (including phenoxy) is 1. The zero-order chi connectivity index (χ0) is 16.9. The molecule has 0 amide bonds. The van der Waals surface area contributed by atoms with E-state index in [1.807, 2.05) is 6.08 Å². The smallest absolute Gasteiger partial charge is 0.126 e. The van der Waals surface area contributed by atoms with Crippen molar-refractivity contribution < 1.29 is 4.74 Å². The van der Waals surface area contributed by atoms with Gasteiger partial charge in [0.25, 0.3) is 0 Å². The Bertz CT molecular complexity index is 686. The minimum absolute atomic E-state index is 0.405. The molecule has 1 aromatic rings. The second-order valence-corrected chi connectivity index (χ2v) is 8.24. The van der Waals surface area contributed by atoms with Gasteiger partial charge in [0.1, 0.15) is 5.75 Å². The van der Waals surface area contributed by atoms with Gasteiger partial charge in [0, 0.05) is 5.56 Å². The van der Waals surface area contributed by atoms with Crippen molar-refractivity contribution in [3.05, 3.63) is 47.6 Å². The van der Waals surface area contributed by atoms with E-state index in [9.17, 15) is 0 Å². The maximum Gasteiger partial charge on any atom is 0.126 e. The number of aryl methyl sites for hydroxylation is 1. The molecule has 2 fully saturated rings. The lowest BCUT2D eigenvalue weighted by atomic mass is 9.55. The lowest BCUT2D eigenvalue weighted by molar-refractivity contribution is 0.0815. The van der Waals surface area contributed by atoms with Crippen LogP contribution in [0.2, 0.25) is 0 Å². The summed E-state index contributed by atoms with van der Waals surface area (Å²) in [6.07, 6.45) is 9.72. The Hall–Kier alpha value is -1.50. The molecule has 24 heavy (non-hydrogen) atoms. The molecule has 0 saturated heterocycles. The highest BCUT2D eigenvalue weighted by Gasteiger charge is 2.51. The highest BCUT2D eigenvalue weighted by Crippen LogP contribution is 2.62. The maximum atomic E-state index is 5.91. The summed E-state index contributed by atoms with van der Waals surface area (Å²) >= 11 is 0. The van der Waals surface area contributed by atoms with Gasteiger partial charge >= 0.3 is 0 Å². The van der Waals surface area contributed by atoms with Gasteiger partial charge in [0.2, 0.25) is 0 Å². The van der Waals surface area contributed by atoms with Crippen LogP contribution in [-0.2, 0) is 6.42 Å². The van der Waals surface area contributed by atoms with Crippen LogP contribution in [0.5, 0.6) is 5.75 Å². The Morgan fingerprint density at radius 2 is 2.08 bits per heavy atom. The van der Waals surface area contributed by atoms with Gasteiger partial charge in [-0.3, -0.25) is 0 Å². The monoisotopic (exact) mass is 322 g/mol. The van der Waals surface area contributed by atoms with Crippen LogP contribution in [0.1, 0.15) is 68.6 Å². The quantitative estimate of drug-likeness (QED) is 0.607. The third-order valence-electron chi connectivity index (χ3n) is 7.33. The molecule has 3 aliphatic carbocycles. The second kappa shape index (κ2) is 5.79. The van der Waals surface area contributed by atoms with Crippen molar-refractivity contribution in [3.63, 3.8) is 0 Å². The zero-order valence-electron chi connectivity index (χ0n) is 15.2.